The highest BCUT2D eigenvalue weighted by Crippen LogP contribution is 2.12. The molecular formula is C12H14O2S2. The lowest BCUT2D eigenvalue weighted by molar-refractivity contribution is 0.112. The van der Waals surface area contributed by atoms with Gasteiger partial charge in [-0.25, -0.2) is 0 Å². The van der Waals surface area contributed by atoms with Crippen molar-refractivity contribution in [2.45, 2.75) is 20.5 Å². The fraction of sp³-hybridized carbons (Fsp3) is 0.250. The second-order valence-electron chi connectivity index (χ2n) is 3.33. The van der Waals surface area contributed by atoms with E-state index in [1.807, 2.05) is 36.7 Å². The molecule has 0 saturated heterocycles. The van der Waals surface area contributed by atoms with E-state index in [0.29, 0.717) is 0 Å². The van der Waals surface area contributed by atoms with E-state index in [2.05, 4.69) is 0 Å². The van der Waals surface area contributed by atoms with Crippen molar-refractivity contribution in [3.8, 4) is 0 Å². The monoisotopic (exact) mass is 254 g/mol. The van der Waals surface area contributed by atoms with Crippen LogP contribution in [-0.2, 0) is 6.61 Å². The first-order valence-electron chi connectivity index (χ1n) is 4.81. The zero-order valence-corrected chi connectivity index (χ0v) is 10.9. The summed E-state index contributed by atoms with van der Waals surface area (Å²) in [5.74, 6) is 0. The summed E-state index contributed by atoms with van der Waals surface area (Å²) < 4.78 is 0. The highest BCUT2D eigenvalue weighted by molar-refractivity contribution is 7.10. The maximum Gasteiger partial charge on any atom is 0.150 e. The van der Waals surface area contributed by atoms with Crippen LogP contribution in [0.2, 0.25) is 0 Å². The minimum absolute atomic E-state index is 0.171. The van der Waals surface area contributed by atoms with Crippen molar-refractivity contribution in [2.24, 2.45) is 0 Å². The number of rotatable bonds is 2. The van der Waals surface area contributed by atoms with Gasteiger partial charge in [0, 0.05) is 20.7 Å². The van der Waals surface area contributed by atoms with Gasteiger partial charge in [-0.05, 0) is 36.9 Å². The molecule has 2 heterocycles. The number of aryl methyl sites for hydroxylation is 2. The van der Waals surface area contributed by atoms with Gasteiger partial charge < -0.3 is 5.11 Å². The van der Waals surface area contributed by atoms with Crippen LogP contribution in [0.4, 0.5) is 0 Å². The van der Waals surface area contributed by atoms with Gasteiger partial charge in [0.1, 0.15) is 0 Å². The number of thiophene rings is 2. The lowest BCUT2D eigenvalue weighted by atomic mass is 10.3. The first-order valence-corrected chi connectivity index (χ1v) is 6.57. The van der Waals surface area contributed by atoms with E-state index in [0.717, 1.165) is 17.4 Å². The van der Waals surface area contributed by atoms with Gasteiger partial charge in [-0.3, -0.25) is 4.79 Å². The van der Waals surface area contributed by atoms with E-state index < -0.39 is 0 Å². The van der Waals surface area contributed by atoms with Gasteiger partial charge >= 0.3 is 0 Å². The van der Waals surface area contributed by atoms with E-state index >= 15 is 0 Å². The molecule has 1 N–H and O–H groups in total. The number of carbonyl (C=O) groups is 1. The first kappa shape index (κ1) is 13.1. The summed E-state index contributed by atoms with van der Waals surface area (Å²) in [6, 6.07) is 3.86. The van der Waals surface area contributed by atoms with Crippen LogP contribution in [0.25, 0.3) is 0 Å². The van der Waals surface area contributed by atoms with Crippen LogP contribution in [0.15, 0.2) is 22.9 Å². The summed E-state index contributed by atoms with van der Waals surface area (Å²) in [6.45, 7) is 4.19. The van der Waals surface area contributed by atoms with Crippen molar-refractivity contribution in [2.75, 3.05) is 0 Å². The zero-order chi connectivity index (χ0) is 12.0. The Kier molecular flexibility index (Phi) is 5.38. The summed E-state index contributed by atoms with van der Waals surface area (Å²) in [6.07, 6.45) is 0.865. The van der Waals surface area contributed by atoms with Crippen molar-refractivity contribution in [3.05, 3.63) is 43.8 Å². The molecule has 0 aliphatic rings. The minimum Gasteiger partial charge on any atom is -0.392 e. The maximum atomic E-state index is 10.0. The molecule has 0 aliphatic carbocycles. The molecule has 2 nitrogen and oxygen atoms in total. The summed E-state index contributed by atoms with van der Waals surface area (Å²) >= 11 is 3.27. The Morgan fingerprint density at radius 1 is 1.19 bits per heavy atom. The van der Waals surface area contributed by atoms with Crippen LogP contribution in [0, 0.1) is 13.8 Å². The highest BCUT2D eigenvalue weighted by Gasteiger charge is 1.90. The number of aliphatic hydroxyl groups is 1. The Hall–Kier alpha value is -0.970. The second-order valence-corrected chi connectivity index (χ2v) is 5.56. The average Bonchev–Trinajstić information content (AvgIpc) is 2.88. The number of aliphatic hydroxyl groups excluding tert-OH is 1. The molecule has 0 aliphatic heterocycles. The average molecular weight is 254 g/mol. The molecule has 0 spiro atoms. The summed E-state index contributed by atoms with van der Waals surface area (Å²) in [5.41, 5.74) is 1.81. The van der Waals surface area contributed by atoms with Gasteiger partial charge in [-0.2, -0.15) is 0 Å². The first-order chi connectivity index (χ1) is 7.65. The molecule has 0 unspecified atom stereocenters. The second kappa shape index (κ2) is 6.58. The summed E-state index contributed by atoms with van der Waals surface area (Å²) in [4.78, 5) is 12.5. The van der Waals surface area contributed by atoms with Gasteiger partial charge in [0.05, 0.1) is 6.61 Å². The van der Waals surface area contributed by atoms with E-state index in [4.69, 9.17) is 5.11 Å². The Morgan fingerprint density at radius 3 is 2.06 bits per heavy atom. The SMILES string of the molecule is Cc1cc(C=O)cs1.Cc1cc(CO)cs1. The van der Waals surface area contributed by atoms with Gasteiger partial charge in [-0.15, -0.1) is 22.7 Å². The zero-order valence-electron chi connectivity index (χ0n) is 9.27. The fourth-order valence-electron chi connectivity index (χ4n) is 1.11. The van der Waals surface area contributed by atoms with E-state index in [1.54, 1.807) is 22.7 Å². The smallest absolute Gasteiger partial charge is 0.150 e. The lowest BCUT2D eigenvalue weighted by Gasteiger charge is -1.80. The van der Waals surface area contributed by atoms with Gasteiger partial charge in [0.15, 0.2) is 6.29 Å². The van der Waals surface area contributed by atoms with Crippen LogP contribution < -0.4 is 0 Å². The number of carbonyl (C=O) groups excluding carboxylic acids is 1. The number of hydrogen-bond acceptors (Lipinski definition) is 4. The molecule has 2 aromatic heterocycles. The third-order valence-electron chi connectivity index (χ3n) is 1.85. The third-order valence-corrected chi connectivity index (χ3v) is 3.64. The third kappa shape index (κ3) is 4.26. The number of aldehydes is 1. The quantitative estimate of drug-likeness (QED) is 0.834. The lowest BCUT2D eigenvalue weighted by Crippen LogP contribution is -1.73. The largest absolute Gasteiger partial charge is 0.392 e. The summed E-state index contributed by atoms with van der Waals surface area (Å²) in [5, 5.41) is 12.4. The number of hydrogen-bond donors (Lipinski definition) is 1. The van der Waals surface area contributed by atoms with Crippen molar-refractivity contribution in [1.29, 1.82) is 0 Å². The molecule has 16 heavy (non-hydrogen) atoms. The van der Waals surface area contributed by atoms with Crippen LogP contribution in [0.5, 0.6) is 0 Å². The molecule has 0 aromatic carbocycles. The maximum absolute atomic E-state index is 10.0. The van der Waals surface area contributed by atoms with E-state index in [9.17, 15) is 4.79 Å². The molecule has 0 amide bonds. The van der Waals surface area contributed by atoms with Crippen LogP contribution >= 0.6 is 22.7 Å². The van der Waals surface area contributed by atoms with Crippen molar-refractivity contribution in [3.63, 3.8) is 0 Å². The normalized spacial score (nSPS) is 9.44. The van der Waals surface area contributed by atoms with Gasteiger partial charge in [0.25, 0.3) is 0 Å². The molecule has 2 rings (SSSR count). The molecule has 86 valence electrons. The molecule has 0 saturated carbocycles. The van der Waals surface area contributed by atoms with Crippen LogP contribution in [0.3, 0.4) is 0 Å². The van der Waals surface area contributed by atoms with Crippen LogP contribution in [0.1, 0.15) is 25.7 Å². The Bertz CT molecular complexity index is 443. The summed E-state index contributed by atoms with van der Waals surface area (Å²) in [7, 11) is 0. The molecule has 2 aromatic rings. The minimum atomic E-state index is 0.171. The van der Waals surface area contributed by atoms with E-state index in [-0.39, 0.29) is 6.61 Å². The molecule has 0 fully saturated rings. The Labute approximate surface area is 103 Å². The predicted molar refractivity (Wildman–Crippen MR) is 69.4 cm³/mol. The van der Waals surface area contributed by atoms with Crippen LogP contribution in [-0.4, -0.2) is 11.4 Å². The highest BCUT2D eigenvalue weighted by atomic mass is 32.1. The molecule has 0 radical (unpaired) electrons. The predicted octanol–water partition coefficient (Wildman–Crippen LogP) is 3.42. The van der Waals surface area contributed by atoms with Crippen molar-refractivity contribution >= 4 is 29.0 Å². The molecular weight excluding hydrogens is 240 g/mol. The van der Waals surface area contributed by atoms with Gasteiger partial charge in [-0.1, -0.05) is 0 Å². The fourth-order valence-corrected chi connectivity index (χ4v) is 2.46. The Morgan fingerprint density at radius 2 is 1.81 bits per heavy atom. The molecule has 0 atom stereocenters. The van der Waals surface area contributed by atoms with Crippen molar-refractivity contribution < 1.29 is 9.90 Å². The van der Waals surface area contributed by atoms with Crippen molar-refractivity contribution in [1.82, 2.24) is 0 Å². The van der Waals surface area contributed by atoms with Gasteiger partial charge in [0.2, 0.25) is 0 Å². The standard InChI is InChI=1S/C6H8OS.C6H6OS/c2*1-5-2-6(3-7)4-8-5/h2,4,7H,3H2,1H3;2-4H,1H3. The molecule has 4 heteroatoms. The molecule has 0 bridgehead atoms. The topological polar surface area (TPSA) is 37.3 Å². The Balaban J connectivity index is 0.000000160. The van der Waals surface area contributed by atoms with E-state index in [1.165, 1.54) is 9.75 Å².